The minimum Gasteiger partial charge on any atom is -0.375 e. The molecule has 0 saturated carbocycles. The Bertz CT molecular complexity index is 438. The summed E-state index contributed by atoms with van der Waals surface area (Å²) in [5.74, 6) is 0. The number of hydrogen-bond donors (Lipinski definition) is 0. The summed E-state index contributed by atoms with van der Waals surface area (Å²) < 4.78 is 0. The van der Waals surface area contributed by atoms with Crippen LogP contribution in [0.2, 0.25) is 0 Å². The molecule has 124 valence electrons. The lowest BCUT2D eigenvalue weighted by Gasteiger charge is -2.31. The van der Waals surface area contributed by atoms with Crippen LogP contribution in [0.15, 0.2) is 48.2 Å². The molecule has 1 fully saturated rings. The molecule has 1 aromatic rings. The molecular weight excluding hydrogens is 286 g/mol. The molecule has 0 N–H and O–H groups in total. The number of hydrogen-bond acceptors (Lipinski definition) is 2. The van der Waals surface area contributed by atoms with Gasteiger partial charge in [0, 0.05) is 23.7 Å². The molecular formula is C20H33NS. The molecule has 0 bridgehead atoms. The van der Waals surface area contributed by atoms with Gasteiger partial charge in [0.25, 0.3) is 0 Å². The molecule has 1 aromatic carbocycles. The van der Waals surface area contributed by atoms with E-state index in [4.69, 9.17) is 0 Å². The fourth-order valence-corrected chi connectivity index (χ4v) is 3.31. The zero-order chi connectivity index (χ0) is 17.0. The van der Waals surface area contributed by atoms with Crippen molar-refractivity contribution >= 4 is 16.7 Å². The number of allylic oxidation sites excluding steroid dienone is 1. The van der Waals surface area contributed by atoms with E-state index in [-0.39, 0.29) is 0 Å². The maximum Gasteiger partial charge on any atom is 0.0212 e. The number of piperidine rings is 1. The van der Waals surface area contributed by atoms with Gasteiger partial charge in [-0.3, -0.25) is 0 Å². The first-order valence-corrected chi connectivity index (χ1v) is 9.66. The van der Waals surface area contributed by atoms with Crippen LogP contribution < -0.4 is 0 Å². The number of rotatable bonds is 3. The molecule has 0 unspecified atom stereocenters. The standard InChI is InChI=1S/C16H21NS.2C2H6/c1-13(2)17-11-9-15(10-12-17)16(18-3)14-7-5-4-6-8-14;2*1-2/h4-8H,1,9-12H2,2-3H3;2*1-2H3. The zero-order valence-electron chi connectivity index (χ0n) is 15.3. The third kappa shape index (κ3) is 6.31. The van der Waals surface area contributed by atoms with Crippen molar-refractivity contribution in [3.63, 3.8) is 0 Å². The van der Waals surface area contributed by atoms with Gasteiger partial charge in [0.05, 0.1) is 0 Å². The molecule has 2 rings (SSSR count). The molecule has 0 aliphatic carbocycles. The summed E-state index contributed by atoms with van der Waals surface area (Å²) in [6.07, 6.45) is 4.51. The van der Waals surface area contributed by atoms with E-state index in [0.717, 1.165) is 25.9 Å². The molecule has 1 aliphatic rings. The van der Waals surface area contributed by atoms with Crippen LogP contribution in [-0.2, 0) is 0 Å². The maximum atomic E-state index is 4.03. The van der Waals surface area contributed by atoms with Gasteiger partial charge in [-0.2, -0.15) is 0 Å². The first-order valence-electron chi connectivity index (χ1n) is 8.44. The van der Waals surface area contributed by atoms with Gasteiger partial charge < -0.3 is 4.90 Å². The van der Waals surface area contributed by atoms with E-state index in [1.807, 2.05) is 39.5 Å². The van der Waals surface area contributed by atoms with Gasteiger partial charge in [-0.1, -0.05) is 70.2 Å². The molecule has 0 atom stereocenters. The molecule has 0 aromatic heterocycles. The lowest BCUT2D eigenvalue weighted by Crippen LogP contribution is -2.28. The van der Waals surface area contributed by atoms with Crippen molar-refractivity contribution in [3.8, 4) is 0 Å². The second-order valence-corrected chi connectivity index (χ2v) is 5.54. The minimum absolute atomic E-state index is 1.11. The van der Waals surface area contributed by atoms with Gasteiger partial charge in [0.2, 0.25) is 0 Å². The van der Waals surface area contributed by atoms with E-state index in [1.165, 1.54) is 16.2 Å². The van der Waals surface area contributed by atoms with Crippen molar-refractivity contribution < 1.29 is 0 Å². The molecule has 0 amide bonds. The Balaban J connectivity index is 0.00000102. The summed E-state index contributed by atoms with van der Waals surface area (Å²) >= 11 is 1.88. The number of benzene rings is 1. The minimum atomic E-state index is 1.11. The van der Waals surface area contributed by atoms with Gasteiger partial charge in [0.1, 0.15) is 0 Å². The van der Waals surface area contributed by atoms with Gasteiger partial charge in [0.15, 0.2) is 0 Å². The summed E-state index contributed by atoms with van der Waals surface area (Å²) in [6.45, 7) is 16.4. The molecule has 1 nitrogen and oxygen atoms in total. The second-order valence-electron chi connectivity index (χ2n) is 4.73. The van der Waals surface area contributed by atoms with Crippen LogP contribution in [0.3, 0.4) is 0 Å². The molecule has 1 aliphatic heterocycles. The Morgan fingerprint density at radius 2 is 1.50 bits per heavy atom. The Kier molecular flexibility index (Phi) is 11.8. The largest absolute Gasteiger partial charge is 0.375 e. The summed E-state index contributed by atoms with van der Waals surface area (Å²) in [5.41, 5.74) is 4.16. The van der Waals surface area contributed by atoms with E-state index in [9.17, 15) is 0 Å². The van der Waals surface area contributed by atoms with Crippen LogP contribution in [-0.4, -0.2) is 24.2 Å². The van der Waals surface area contributed by atoms with Gasteiger partial charge >= 0.3 is 0 Å². The van der Waals surface area contributed by atoms with Crippen LogP contribution in [0.1, 0.15) is 53.0 Å². The van der Waals surface area contributed by atoms with Crippen molar-refractivity contribution in [3.05, 3.63) is 53.7 Å². The Morgan fingerprint density at radius 1 is 1.00 bits per heavy atom. The maximum absolute atomic E-state index is 4.03. The van der Waals surface area contributed by atoms with E-state index in [1.54, 1.807) is 5.57 Å². The fourth-order valence-electron chi connectivity index (χ4n) is 2.44. The van der Waals surface area contributed by atoms with E-state index < -0.39 is 0 Å². The predicted octanol–water partition coefficient (Wildman–Crippen LogP) is 6.44. The van der Waals surface area contributed by atoms with Crippen molar-refractivity contribution in [2.24, 2.45) is 0 Å². The van der Waals surface area contributed by atoms with Crippen molar-refractivity contribution in [2.45, 2.75) is 47.5 Å². The highest BCUT2D eigenvalue weighted by atomic mass is 32.2. The Hall–Kier alpha value is -1.15. The molecule has 1 saturated heterocycles. The average Bonchev–Trinajstić information content (AvgIpc) is 2.60. The molecule has 22 heavy (non-hydrogen) atoms. The average molecular weight is 320 g/mol. The van der Waals surface area contributed by atoms with Gasteiger partial charge in [-0.05, 0) is 31.6 Å². The van der Waals surface area contributed by atoms with Crippen LogP contribution in [0, 0.1) is 0 Å². The smallest absolute Gasteiger partial charge is 0.0212 e. The van der Waals surface area contributed by atoms with Crippen molar-refractivity contribution in [1.29, 1.82) is 0 Å². The van der Waals surface area contributed by atoms with Gasteiger partial charge in [-0.15, -0.1) is 11.8 Å². The molecule has 1 heterocycles. The third-order valence-corrected chi connectivity index (χ3v) is 4.40. The number of thioether (sulfide) groups is 1. The number of nitrogens with zero attached hydrogens (tertiary/aromatic N) is 1. The monoisotopic (exact) mass is 319 g/mol. The Morgan fingerprint density at radius 3 is 1.91 bits per heavy atom. The molecule has 2 heteroatoms. The van der Waals surface area contributed by atoms with Crippen LogP contribution in [0.25, 0.3) is 4.91 Å². The topological polar surface area (TPSA) is 3.24 Å². The Labute approximate surface area is 142 Å². The summed E-state index contributed by atoms with van der Waals surface area (Å²) in [5, 5.41) is 0. The van der Waals surface area contributed by atoms with Crippen LogP contribution in [0.4, 0.5) is 0 Å². The summed E-state index contributed by atoms with van der Waals surface area (Å²) in [4.78, 5) is 3.85. The third-order valence-electron chi connectivity index (χ3n) is 3.47. The van der Waals surface area contributed by atoms with Crippen LogP contribution in [0.5, 0.6) is 0 Å². The second kappa shape index (κ2) is 12.4. The summed E-state index contributed by atoms with van der Waals surface area (Å²) in [7, 11) is 0. The predicted molar refractivity (Wildman–Crippen MR) is 105 cm³/mol. The zero-order valence-corrected chi connectivity index (χ0v) is 16.1. The van der Waals surface area contributed by atoms with Crippen molar-refractivity contribution in [1.82, 2.24) is 4.90 Å². The highest BCUT2D eigenvalue weighted by Crippen LogP contribution is 2.34. The highest BCUT2D eigenvalue weighted by Gasteiger charge is 2.16. The van der Waals surface area contributed by atoms with E-state index in [0.29, 0.717) is 0 Å². The lowest BCUT2D eigenvalue weighted by molar-refractivity contribution is 0.324. The van der Waals surface area contributed by atoms with E-state index in [2.05, 4.69) is 55.0 Å². The number of likely N-dealkylation sites (tertiary alicyclic amines) is 1. The summed E-state index contributed by atoms with van der Waals surface area (Å²) in [6, 6.07) is 10.7. The van der Waals surface area contributed by atoms with Crippen molar-refractivity contribution in [2.75, 3.05) is 19.3 Å². The van der Waals surface area contributed by atoms with Gasteiger partial charge in [-0.25, -0.2) is 0 Å². The van der Waals surface area contributed by atoms with E-state index >= 15 is 0 Å². The normalized spacial score (nSPS) is 13.4. The quantitative estimate of drug-likeness (QED) is 0.630. The fraction of sp³-hybridized carbons (Fsp3) is 0.500. The molecule has 0 radical (unpaired) electrons. The molecule has 0 spiro atoms. The highest BCUT2D eigenvalue weighted by molar-refractivity contribution is 8.07. The van der Waals surface area contributed by atoms with Crippen LogP contribution >= 0.6 is 11.8 Å². The first-order chi connectivity index (χ1) is 10.7. The SMILES string of the molecule is C=C(C)N1CCC(=C(SC)c2ccccc2)CC1.CC.CC. The first kappa shape index (κ1) is 20.9. The lowest BCUT2D eigenvalue weighted by atomic mass is 10.0.